The smallest absolute Gasteiger partial charge is 0.251 e. The molecular formula is C13H18N2O3. The van der Waals surface area contributed by atoms with E-state index in [1.165, 1.54) is 0 Å². The molecule has 0 spiro atoms. The van der Waals surface area contributed by atoms with Gasteiger partial charge in [0.15, 0.2) is 0 Å². The molecule has 98 valence electrons. The molecule has 0 saturated heterocycles. The van der Waals surface area contributed by atoms with Crippen LogP contribution in [0.3, 0.4) is 0 Å². The van der Waals surface area contributed by atoms with Crippen LogP contribution in [0.15, 0.2) is 24.3 Å². The van der Waals surface area contributed by atoms with Gasteiger partial charge in [0.1, 0.15) is 0 Å². The second-order valence-corrected chi connectivity index (χ2v) is 4.20. The molecule has 0 heterocycles. The zero-order valence-corrected chi connectivity index (χ0v) is 10.6. The summed E-state index contributed by atoms with van der Waals surface area (Å²) in [4.78, 5) is 23.1. The molecular weight excluding hydrogens is 232 g/mol. The number of aliphatic hydroxyl groups is 1. The Labute approximate surface area is 106 Å². The predicted molar refractivity (Wildman–Crippen MR) is 68.2 cm³/mol. The van der Waals surface area contributed by atoms with E-state index in [1.54, 1.807) is 25.1 Å². The average Bonchev–Trinajstić information content (AvgIpc) is 2.35. The summed E-state index contributed by atoms with van der Waals surface area (Å²) in [5, 5.41) is 13.8. The Morgan fingerprint density at radius 3 is 2.72 bits per heavy atom. The molecule has 5 heteroatoms. The summed E-state index contributed by atoms with van der Waals surface area (Å²) in [5.74, 6) is -0.608. The average molecular weight is 250 g/mol. The molecule has 0 aliphatic heterocycles. The molecule has 0 aliphatic carbocycles. The van der Waals surface area contributed by atoms with E-state index in [9.17, 15) is 9.59 Å². The number of carbonyl (C=O) groups excluding carboxylic acids is 2. The van der Waals surface area contributed by atoms with E-state index in [-0.39, 0.29) is 31.0 Å². The van der Waals surface area contributed by atoms with Crippen molar-refractivity contribution in [1.82, 2.24) is 10.6 Å². The van der Waals surface area contributed by atoms with Gasteiger partial charge in [0.05, 0.1) is 13.2 Å². The highest BCUT2D eigenvalue weighted by Gasteiger charge is 2.09. The number of carbonyl (C=O) groups is 2. The predicted octanol–water partition coefficient (Wildman–Crippen LogP) is 0.222. The van der Waals surface area contributed by atoms with E-state index >= 15 is 0 Å². The van der Waals surface area contributed by atoms with E-state index in [1.807, 2.05) is 13.0 Å². The maximum absolute atomic E-state index is 11.7. The first-order valence-corrected chi connectivity index (χ1v) is 5.78. The van der Waals surface area contributed by atoms with Gasteiger partial charge in [-0.25, -0.2) is 0 Å². The summed E-state index contributed by atoms with van der Waals surface area (Å²) in [6.07, 6.45) is 0. The summed E-state index contributed by atoms with van der Waals surface area (Å²) >= 11 is 0. The minimum absolute atomic E-state index is 0.100. The van der Waals surface area contributed by atoms with Crippen LogP contribution in [-0.4, -0.2) is 36.1 Å². The first-order valence-electron chi connectivity index (χ1n) is 5.78. The van der Waals surface area contributed by atoms with Gasteiger partial charge in [0.25, 0.3) is 5.91 Å². The normalized spacial score (nSPS) is 11.7. The van der Waals surface area contributed by atoms with Crippen molar-refractivity contribution in [3.8, 4) is 0 Å². The van der Waals surface area contributed by atoms with Crippen molar-refractivity contribution in [3.63, 3.8) is 0 Å². The topological polar surface area (TPSA) is 78.4 Å². The van der Waals surface area contributed by atoms with Crippen LogP contribution in [0.1, 0.15) is 22.8 Å². The fourth-order valence-electron chi connectivity index (χ4n) is 1.42. The van der Waals surface area contributed by atoms with Gasteiger partial charge in [0, 0.05) is 11.6 Å². The van der Waals surface area contributed by atoms with E-state index in [0.29, 0.717) is 5.56 Å². The summed E-state index contributed by atoms with van der Waals surface area (Å²) in [5.41, 5.74) is 1.51. The third-order valence-electron chi connectivity index (χ3n) is 2.37. The second-order valence-electron chi connectivity index (χ2n) is 4.20. The van der Waals surface area contributed by atoms with Crippen LogP contribution in [-0.2, 0) is 4.79 Å². The maximum Gasteiger partial charge on any atom is 0.251 e. The summed E-state index contributed by atoms with van der Waals surface area (Å²) in [7, 11) is 0. The standard InChI is InChI=1S/C13H18N2O3/c1-9-4-3-5-11(6-9)13(18)14-7-12(17)15-10(2)8-16/h3-6,10,16H,7-8H2,1-2H3,(H,14,18)(H,15,17)/t10-/m1/s1. The fraction of sp³-hybridized carbons (Fsp3) is 0.385. The Kier molecular flexibility index (Phi) is 5.32. The fourth-order valence-corrected chi connectivity index (χ4v) is 1.42. The first-order chi connectivity index (χ1) is 8.52. The van der Waals surface area contributed by atoms with Gasteiger partial charge in [-0.05, 0) is 26.0 Å². The number of aryl methyl sites for hydroxylation is 1. The molecule has 0 unspecified atom stereocenters. The molecule has 18 heavy (non-hydrogen) atoms. The van der Waals surface area contributed by atoms with E-state index < -0.39 is 0 Å². The van der Waals surface area contributed by atoms with Gasteiger partial charge < -0.3 is 15.7 Å². The molecule has 1 atom stereocenters. The van der Waals surface area contributed by atoms with Gasteiger partial charge in [-0.3, -0.25) is 9.59 Å². The summed E-state index contributed by atoms with van der Waals surface area (Å²) in [6, 6.07) is 6.82. The van der Waals surface area contributed by atoms with Crippen molar-refractivity contribution in [1.29, 1.82) is 0 Å². The van der Waals surface area contributed by atoms with Crippen molar-refractivity contribution in [3.05, 3.63) is 35.4 Å². The number of rotatable bonds is 5. The van der Waals surface area contributed by atoms with Crippen molar-refractivity contribution >= 4 is 11.8 Å². The Bertz CT molecular complexity index is 432. The van der Waals surface area contributed by atoms with E-state index in [2.05, 4.69) is 10.6 Å². The lowest BCUT2D eigenvalue weighted by molar-refractivity contribution is -0.121. The van der Waals surface area contributed by atoms with Crippen molar-refractivity contribution in [2.24, 2.45) is 0 Å². The van der Waals surface area contributed by atoms with Crippen molar-refractivity contribution < 1.29 is 14.7 Å². The molecule has 0 fully saturated rings. The van der Waals surface area contributed by atoms with Crippen molar-refractivity contribution in [2.45, 2.75) is 19.9 Å². The van der Waals surface area contributed by atoms with Gasteiger partial charge in [-0.15, -0.1) is 0 Å². The largest absolute Gasteiger partial charge is 0.394 e. The number of nitrogens with one attached hydrogen (secondary N) is 2. The van der Waals surface area contributed by atoms with Crippen molar-refractivity contribution in [2.75, 3.05) is 13.2 Å². The van der Waals surface area contributed by atoms with Crippen LogP contribution in [0.4, 0.5) is 0 Å². The molecule has 0 aliphatic rings. The van der Waals surface area contributed by atoms with Gasteiger partial charge in [-0.1, -0.05) is 17.7 Å². The second kappa shape index (κ2) is 6.76. The van der Waals surface area contributed by atoms with Crippen LogP contribution >= 0.6 is 0 Å². The highest BCUT2D eigenvalue weighted by Crippen LogP contribution is 2.03. The third kappa shape index (κ3) is 4.55. The van der Waals surface area contributed by atoms with Crippen LogP contribution in [0, 0.1) is 6.92 Å². The van der Waals surface area contributed by atoms with Crippen LogP contribution in [0.25, 0.3) is 0 Å². The van der Waals surface area contributed by atoms with Crippen LogP contribution < -0.4 is 10.6 Å². The Morgan fingerprint density at radius 1 is 1.39 bits per heavy atom. The zero-order valence-electron chi connectivity index (χ0n) is 10.6. The molecule has 1 rings (SSSR count). The Hall–Kier alpha value is -1.88. The highest BCUT2D eigenvalue weighted by molar-refractivity contribution is 5.96. The first kappa shape index (κ1) is 14.2. The Balaban J connectivity index is 2.44. The van der Waals surface area contributed by atoms with Gasteiger partial charge >= 0.3 is 0 Å². The number of hydrogen-bond donors (Lipinski definition) is 3. The SMILES string of the molecule is Cc1cccc(C(=O)NCC(=O)N[C@H](C)CO)c1. The molecule has 0 aromatic heterocycles. The molecule has 1 aromatic rings. The number of aliphatic hydroxyl groups excluding tert-OH is 1. The lowest BCUT2D eigenvalue weighted by Crippen LogP contribution is -2.42. The number of benzene rings is 1. The molecule has 0 radical (unpaired) electrons. The Morgan fingerprint density at radius 2 is 2.11 bits per heavy atom. The highest BCUT2D eigenvalue weighted by atomic mass is 16.3. The quantitative estimate of drug-likeness (QED) is 0.699. The van der Waals surface area contributed by atoms with Gasteiger partial charge in [-0.2, -0.15) is 0 Å². The summed E-state index contributed by atoms with van der Waals surface area (Å²) < 4.78 is 0. The zero-order chi connectivity index (χ0) is 13.5. The minimum atomic E-state index is -0.322. The van der Waals surface area contributed by atoms with Crippen LogP contribution in [0.5, 0.6) is 0 Å². The lowest BCUT2D eigenvalue weighted by atomic mass is 10.1. The van der Waals surface area contributed by atoms with Crippen LogP contribution in [0.2, 0.25) is 0 Å². The molecule has 2 amide bonds. The maximum atomic E-state index is 11.7. The molecule has 5 nitrogen and oxygen atoms in total. The molecule has 0 saturated carbocycles. The van der Waals surface area contributed by atoms with Gasteiger partial charge in [0.2, 0.25) is 5.91 Å². The molecule has 0 bridgehead atoms. The van der Waals surface area contributed by atoms with E-state index in [4.69, 9.17) is 5.11 Å². The summed E-state index contributed by atoms with van der Waals surface area (Å²) in [6.45, 7) is 3.35. The number of amides is 2. The number of hydrogen-bond acceptors (Lipinski definition) is 3. The monoisotopic (exact) mass is 250 g/mol. The molecule has 1 aromatic carbocycles. The van der Waals surface area contributed by atoms with E-state index in [0.717, 1.165) is 5.56 Å². The minimum Gasteiger partial charge on any atom is -0.394 e. The third-order valence-corrected chi connectivity index (χ3v) is 2.37. The molecule has 3 N–H and O–H groups in total. The lowest BCUT2D eigenvalue weighted by Gasteiger charge is -2.11.